The third-order valence-electron chi connectivity index (χ3n) is 5.97. The minimum atomic E-state index is 0.130. The first-order chi connectivity index (χ1) is 20.8. The number of phenols is 3. The summed E-state index contributed by atoms with van der Waals surface area (Å²) in [5.41, 5.74) is 4.22. The molecule has 6 rings (SSSR count). The smallest absolute Gasteiger partial charge is 0.149 e. The molecule has 216 valence electrons. The second-order valence-electron chi connectivity index (χ2n) is 9.09. The van der Waals surface area contributed by atoms with Crippen LogP contribution in [-0.4, -0.2) is 15.3 Å². The van der Waals surface area contributed by atoms with Crippen LogP contribution in [-0.2, 0) is 0 Å². The van der Waals surface area contributed by atoms with Gasteiger partial charge in [-0.3, -0.25) is 0 Å². The molecular formula is C36H27Br2ClO4. The van der Waals surface area contributed by atoms with E-state index >= 15 is 0 Å². The molecule has 0 saturated carbocycles. The number of hydrogen-bond donors (Lipinski definition) is 3. The monoisotopic (exact) mass is 716 g/mol. The number of hydrogen-bond acceptors (Lipinski definition) is 4. The van der Waals surface area contributed by atoms with Crippen molar-refractivity contribution in [2.75, 3.05) is 0 Å². The molecule has 0 unspecified atom stereocenters. The molecular weight excluding hydrogens is 692 g/mol. The maximum Gasteiger partial charge on any atom is 0.149 e. The van der Waals surface area contributed by atoms with Crippen LogP contribution in [0.3, 0.4) is 0 Å². The van der Waals surface area contributed by atoms with Gasteiger partial charge in [-0.2, -0.15) is 0 Å². The van der Waals surface area contributed by atoms with Gasteiger partial charge in [0.15, 0.2) is 0 Å². The molecule has 7 heteroatoms. The van der Waals surface area contributed by atoms with E-state index in [0.29, 0.717) is 16.5 Å². The van der Waals surface area contributed by atoms with E-state index in [1.54, 1.807) is 24.3 Å². The third kappa shape index (κ3) is 9.65. The zero-order valence-corrected chi connectivity index (χ0v) is 26.7. The fourth-order valence-corrected chi connectivity index (χ4v) is 4.74. The first kappa shape index (κ1) is 31.7. The summed E-state index contributed by atoms with van der Waals surface area (Å²) >= 11 is 12.6. The molecule has 0 fully saturated rings. The number of para-hydroxylation sites is 1. The molecule has 0 radical (unpaired) electrons. The molecule has 0 bridgehead atoms. The number of halogens is 3. The molecule has 0 aromatic heterocycles. The van der Waals surface area contributed by atoms with E-state index in [2.05, 4.69) is 31.9 Å². The first-order valence-electron chi connectivity index (χ1n) is 13.1. The maximum atomic E-state index is 9.51. The summed E-state index contributed by atoms with van der Waals surface area (Å²) in [6.07, 6.45) is 0. The Labute approximate surface area is 272 Å². The van der Waals surface area contributed by atoms with Gasteiger partial charge in [0.2, 0.25) is 0 Å². The highest BCUT2D eigenvalue weighted by Gasteiger charge is 2.05. The molecule has 6 aromatic rings. The van der Waals surface area contributed by atoms with Crippen LogP contribution >= 0.6 is 43.5 Å². The van der Waals surface area contributed by atoms with E-state index < -0.39 is 0 Å². The lowest BCUT2D eigenvalue weighted by Crippen LogP contribution is -1.84. The minimum absolute atomic E-state index is 0.130. The van der Waals surface area contributed by atoms with Crippen molar-refractivity contribution in [3.05, 3.63) is 160 Å². The van der Waals surface area contributed by atoms with E-state index in [0.717, 1.165) is 31.2 Å². The molecule has 3 N–H and O–H groups in total. The lowest BCUT2D eigenvalue weighted by molar-refractivity contribution is 0.455. The van der Waals surface area contributed by atoms with Crippen LogP contribution < -0.4 is 4.74 Å². The largest absolute Gasteiger partial charge is 0.508 e. The molecule has 0 atom stereocenters. The molecule has 0 saturated heterocycles. The Bertz CT molecular complexity index is 1750. The molecule has 4 nitrogen and oxygen atoms in total. The summed E-state index contributed by atoms with van der Waals surface area (Å²) in [4.78, 5) is 0. The number of aromatic hydroxyl groups is 3. The molecule has 0 spiro atoms. The van der Waals surface area contributed by atoms with Crippen LogP contribution in [0.25, 0.3) is 22.3 Å². The topological polar surface area (TPSA) is 69.9 Å². The maximum absolute atomic E-state index is 9.51. The standard InChI is InChI=1S/2C12H9BrO.C12H9ClO2/c13-12-7-6-10(14)8-11(12)9-4-2-1-3-5-9;13-11-7-6-10(8-12(11)14)9-4-2-1-3-5-9;13-11-7-6-9(14)8-12(11)15-10-4-2-1-3-5-10/h2*1-8,14H;1-8,14H. The molecule has 0 aliphatic carbocycles. The SMILES string of the molecule is Oc1cc(-c2ccccc2)ccc1Br.Oc1ccc(Br)c(-c2ccccc2)c1.Oc1ccc(Cl)c(Oc2ccccc2)c1. The van der Waals surface area contributed by atoms with Crippen LogP contribution in [0.2, 0.25) is 5.02 Å². The van der Waals surface area contributed by atoms with Crippen LogP contribution in [0.15, 0.2) is 155 Å². The van der Waals surface area contributed by atoms with E-state index in [1.165, 1.54) is 12.1 Å². The van der Waals surface area contributed by atoms with Crippen molar-refractivity contribution in [3.8, 4) is 51.0 Å². The van der Waals surface area contributed by atoms with Crippen molar-refractivity contribution in [1.82, 2.24) is 0 Å². The summed E-state index contributed by atoms with van der Waals surface area (Å²) in [5.74, 6) is 1.82. The Kier molecular flexibility index (Phi) is 11.7. The Balaban J connectivity index is 0.000000148. The fraction of sp³-hybridized carbons (Fsp3) is 0. The van der Waals surface area contributed by atoms with E-state index in [-0.39, 0.29) is 17.2 Å². The van der Waals surface area contributed by atoms with Gasteiger partial charge in [0.25, 0.3) is 0 Å². The first-order valence-corrected chi connectivity index (χ1v) is 15.1. The molecule has 0 aliphatic rings. The van der Waals surface area contributed by atoms with Crippen molar-refractivity contribution in [1.29, 1.82) is 0 Å². The summed E-state index contributed by atoms with van der Waals surface area (Å²) in [6.45, 7) is 0. The summed E-state index contributed by atoms with van der Waals surface area (Å²) in [5, 5.41) is 28.6. The molecule has 43 heavy (non-hydrogen) atoms. The highest BCUT2D eigenvalue weighted by Crippen LogP contribution is 2.33. The van der Waals surface area contributed by atoms with Gasteiger partial charge in [0.05, 0.1) is 9.50 Å². The van der Waals surface area contributed by atoms with Crippen molar-refractivity contribution in [2.24, 2.45) is 0 Å². The summed E-state index contributed by atoms with van der Waals surface area (Å²) < 4.78 is 7.21. The molecule has 0 aliphatic heterocycles. The van der Waals surface area contributed by atoms with Crippen molar-refractivity contribution in [3.63, 3.8) is 0 Å². The number of phenolic OH excluding ortho intramolecular Hbond substituents is 3. The second kappa shape index (κ2) is 15.8. The van der Waals surface area contributed by atoms with Gasteiger partial charge in [-0.25, -0.2) is 0 Å². The normalized spacial score (nSPS) is 10.0. The van der Waals surface area contributed by atoms with Gasteiger partial charge in [0.1, 0.15) is 28.7 Å². The van der Waals surface area contributed by atoms with Crippen LogP contribution in [0.5, 0.6) is 28.7 Å². The number of rotatable bonds is 4. The van der Waals surface area contributed by atoms with Crippen molar-refractivity contribution < 1.29 is 20.1 Å². The van der Waals surface area contributed by atoms with Gasteiger partial charge < -0.3 is 20.1 Å². The van der Waals surface area contributed by atoms with Crippen LogP contribution in [0, 0.1) is 0 Å². The number of ether oxygens (including phenoxy) is 1. The lowest BCUT2D eigenvalue weighted by Gasteiger charge is -2.07. The van der Waals surface area contributed by atoms with Crippen molar-refractivity contribution >= 4 is 43.5 Å². The Morgan fingerprint density at radius 3 is 1.65 bits per heavy atom. The van der Waals surface area contributed by atoms with Gasteiger partial charge in [-0.15, -0.1) is 0 Å². The average molecular weight is 719 g/mol. The van der Waals surface area contributed by atoms with Gasteiger partial charge >= 0.3 is 0 Å². The highest BCUT2D eigenvalue weighted by molar-refractivity contribution is 9.11. The Morgan fingerprint density at radius 2 is 1.02 bits per heavy atom. The zero-order chi connectivity index (χ0) is 30.6. The Morgan fingerprint density at radius 1 is 0.488 bits per heavy atom. The van der Waals surface area contributed by atoms with E-state index in [9.17, 15) is 15.3 Å². The second-order valence-corrected chi connectivity index (χ2v) is 11.2. The predicted molar refractivity (Wildman–Crippen MR) is 182 cm³/mol. The number of benzene rings is 6. The minimum Gasteiger partial charge on any atom is -0.508 e. The molecule has 0 heterocycles. The predicted octanol–water partition coefficient (Wildman–Crippen LogP) is 11.5. The van der Waals surface area contributed by atoms with Crippen LogP contribution in [0.4, 0.5) is 0 Å². The quantitative estimate of drug-likeness (QED) is 0.170. The van der Waals surface area contributed by atoms with Crippen LogP contribution in [0.1, 0.15) is 0 Å². The summed E-state index contributed by atoms with van der Waals surface area (Å²) in [7, 11) is 0. The van der Waals surface area contributed by atoms with Gasteiger partial charge in [0, 0.05) is 10.5 Å². The molecule has 6 aromatic carbocycles. The highest BCUT2D eigenvalue weighted by atomic mass is 79.9. The third-order valence-corrected chi connectivity index (χ3v) is 7.65. The average Bonchev–Trinajstić information content (AvgIpc) is 3.03. The fourth-order valence-electron chi connectivity index (χ4n) is 3.86. The molecule has 0 amide bonds. The lowest BCUT2D eigenvalue weighted by atomic mass is 10.1. The van der Waals surface area contributed by atoms with E-state index in [1.807, 2.05) is 109 Å². The van der Waals surface area contributed by atoms with E-state index in [4.69, 9.17) is 16.3 Å². The van der Waals surface area contributed by atoms with Crippen molar-refractivity contribution in [2.45, 2.75) is 0 Å². The van der Waals surface area contributed by atoms with Gasteiger partial charge in [-0.05, 0) is 92.8 Å². The van der Waals surface area contributed by atoms with Gasteiger partial charge in [-0.1, -0.05) is 112 Å². The Hall–Kier alpha value is -4.23. The zero-order valence-electron chi connectivity index (χ0n) is 22.7. The summed E-state index contributed by atoms with van der Waals surface area (Å²) in [6, 6.07) is 44.6.